The van der Waals surface area contributed by atoms with E-state index in [9.17, 15) is 4.79 Å². The molecule has 0 spiro atoms. The summed E-state index contributed by atoms with van der Waals surface area (Å²) in [6.07, 6.45) is 2.58. The molecule has 0 bridgehead atoms. The maximum Gasteiger partial charge on any atom is 0.266 e. The number of rotatable bonds is 6. The predicted molar refractivity (Wildman–Crippen MR) is 110 cm³/mol. The van der Waals surface area contributed by atoms with Crippen LogP contribution in [0.3, 0.4) is 0 Å². The molecule has 2 aromatic carbocycles. The van der Waals surface area contributed by atoms with Crippen LogP contribution in [0.15, 0.2) is 53.4 Å². The second-order valence-electron chi connectivity index (χ2n) is 5.68. The predicted octanol–water partition coefficient (Wildman–Crippen LogP) is 4.15. The fraction of sp³-hybridized carbons (Fsp3) is 0.200. The third-order valence-corrected chi connectivity index (χ3v) is 5.44. The SMILES string of the molecule is COc1ccc(OC)c(/C=C2\SC(=S)N(CCc3ccccc3)C2=O)c1. The van der Waals surface area contributed by atoms with Crippen LogP contribution in [0.5, 0.6) is 11.5 Å². The molecule has 2 aromatic rings. The van der Waals surface area contributed by atoms with Gasteiger partial charge in [0.1, 0.15) is 15.8 Å². The Balaban J connectivity index is 1.79. The molecule has 0 atom stereocenters. The molecule has 1 saturated heterocycles. The van der Waals surface area contributed by atoms with Crippen molar-refractivity contribution >= 4 is 40.3 Å². The molecule has 0 N–H and O–H groups in total. The number of carbonyl (C=O) groups excluding carboxylic acids is 1. The van der Waals surface area contributed by atoms with Gasteiger partial charge in [0.25, 0.3) is 5.91 Å². The summed E-state index contributed by atoms with van der Waals surface area (Å²) in [4.78, 5) is 15.0. The number of carbonyl (C=O) groups is 1. The van der Waals surface area contributed by atoms with Crippen molar-refractivity contribution in [1.29, 1.82) is 0 Å². The van der Waals surface area contributed by atoms with Crippen LogP contribution < -0.4 is 9.47 Å². The minimum absolute atomic E-state index is 0.0687. The van der Waals surface area contributed by atoms with Crippen LogP contribution in [0.2, 0.25) is 0 Å². The van der Waals surface area contributed by atoms with Gasteiger partial charge < -0.3 is 9.47 Å². The van der Waals surface area contributed by atoms with E-state index in [0.29, 0.717) is 27.3 Å². The van der Waals surface area contributed by atoms with E-state index in [4.69, 9.17) is 21.7 Å². The third kappa shape index (κ3) is 4.08. The minimum Gasteiger partial charge on any atom is -0.497 e. The lowest BCUT2D eigenvalue weighted by Gasteiger charge is -2.14. The quantitative estimate of drug-likeness (QED) is 0.552. The first-order valence-corrected chi connectivity index (χ1v) is 9.36. The molecule has 1 aliphatic rings. The average Bonchev–Trinajstić information content (AvgIpc) is 2.93. The molecule has 4 nitrogen and oxygen atoms in total. The first-order valence-electron chi connectivity index (χ1n) is 8.13. The highest BCUT2D eigenvalue weighted by Crippen LogP contribution is 2.35. The average molecular weight is 386 g/mol. The summed E-state index contributed by atoms with van der Waals surface area (Å²) >= 11 is 6.72. The van der Waals surface area contributed by atoms with Gasteiger partial charge in [-0.15, -0.1) is 0 Å². The van der Waals surface area contributed by atoms with Gasteiger partial charge in [0, 0.05) is 12.1 Å². The van der Waals surface area contributed by atoms with E-state index in [1.165, 1.54) is 17.3 Å². The molecule has 1 heterocycles. The van der Waals surface area contributed by atoms with Crippen molar-refractivity contribution in [2.24, 2.45) is 0 Å². The smallest absolute Gasteiger partial charge is 0.266 e. The Hall–Kier alpha value is -2.31. The summed E-state index contributed by atoms with van der Waals surface area (Å²) in [5.74, 6) is 1.32. The van der Waals surface area contributed by atoms with Crippen LogP contribution in [-0.4, -0.2) is 35.9 Å². The first kappa shape index (κ1) is 18.5. The molecule has 0 unspecified atom stereocenters. The number of nitrogens with zero attached hydrogens (tertiary/aromatic N) is 1. The number of hydrogen-bond donors (Lipinski definition) is 0. The molecular weight excluding hydrogens is 366 g/mol. The van der Waals surface area contributed by atoms with Crippen LogP contribution in [0.4, 0.5) is 0 Å². The molecule has 134 valence electrons. The van der Waals surface area contributed by atoms with Gasteiger partial charge in [0.2, 0.25) is 0 Å². The summed E-state index contributed by atoms with van der Waals surface area (Å²) in [6, 6.07) is 15.6. The number of thioether (sulfide) groups is 1. The molecule has 0 radical (unpaired) electrons. The van der Waals surface area contributed by atoms with Gasteiger partial charge in [-0.25, -0.2) is 0 Å². The normalized spacial score (nSPS) is 15.6. The van der Waals surface area contributed by atoms with Crippen molar-refractivity contribution < 1.29 is 14.3 Å². The van der Waals surface area contributed by atoms with Crippen LogP contribution >= 0.6 is 24.0 Å². The van der Waals surface area contributed by atoms with Crippen molar-refractivity contribution in [1.82, 2.24) is 4.90 Å². The third-order valence-electron chi connectivity index (χ3n) is 4.06. The number of ether oxygens (including phenoxy) is 2. The first-order chi connectivity index (χ1) is 12.6. The standard InChI is InChI=1S/C20H19NO3S2/c1-23-16-8-9-17(24-2)15(12-16)13-18-19(22)21(20(25)26-18)11-10-14-6-4-3-5-7-14/h3-9,12-13H,10-11H2,1-2H3/b18-13-. The van der Waals surface area contributed by atoms with Crippen molar-refractivity contribution in [3.05, 3.63) is 64.6 Å². The fourth-order valence-electron chi connectivity index (χ4n) is 2.67. The summed E-state index contributed by atoms with van der Waals surface area (Å²) in [6.45, 7) is 0.571. The molecular formula is C20H19NO3S2. The number of hydrogen-bond acceptors (Lipinski definition) is 5. The van der Waals surface area contributed by atoms with Crippen molar-refractivity contribution in [2.45, 2.75) is 6.42 Å². The Bertz CT molecular complexity index is 849. The lowest BCUT2D eigenvalue weighted by molar-refractivity contribution is -0.122. The highest BCUT2D eigenvalue weighted by molar-refractivity contribution is 8.26. The maximum absolute atomic E-state index is 12.8. The van der Waals surface area contributed by atoms with Crippen molar-refractivity contribution in [2.75, 3.05) is 20.8 Å². The molecule has 1 amide bonds. The Morgan fingerprint density at radius 1 is 1.12 bits per heavy atom. The Morgan fingerprint density at radius 3 is 2.58 bits per heavy atom. The van der Waals surface area contributed by atoms with E-state index in [1.807, 2.05) is 42.5 Å². The molecule has 26 heavy (non-hydrogen) atoms. The van der Waals surface area contributed by atoms with Gasteiger partial charge in [-0.05, 0) is 36.3 Å². The Labute approximate surface area is 162 Å². The Kier molecular flexibility index (Phi) is 5.96. The van der Waals surface area contributed by atoms with Crippen LogP contribution in [-0.2, 0) is 11.2 Å². The molecule has 6 heteroatoms. The molecule has 0 aliphatic carbocycles. The summed E-state index contributed by atoms with van der Waals surface area (Å²) in [7, 11) is 3.21. The monoisotopic (exact) mass is 385 g/mol. The van der Waals surface area contributed by atoms with Crippen LogP contribution in [0.25, 0.3) is 6.08 Å². The zero-order valence-electron chi connectivity index (χ0n) is 14.6. The van der Waals surface area contributed by atoms with Crippen molar-refractivity contribution in [3.63, 3.8) is 0 Å². The summed E-state index contributed by atoms with van der Waals surface area (Å²) in [5.41, 5.74) is 1.97. The van der Waals surface area contributed by atoms with Gasteiger partial charge in [-0.2, -0.15) is 0 Å². The van der Waals surface area contributed by atoms with Gasteiger partial charge in [-0.3, -0.25) is 9.69 Å². The van der Waals surface area contributed by atoms with E-state index in [0.717, 1.165) is 12.0 Å². The molecule has 1 fully saturated rings. The second-order valence-corrected chi connectivity index (χ2v) is 7.35. The lowest BCUT2D eigenvalue weighted by Crippen LogP contribution is -2.30. The van der Waals surface area contributed by atoms with E-state index in [-0.39, 0.29) is 5.91 Å². The lowest BCUT2D eigenvalue weighted by atomic mass is 10.1. The topological polar surface area (TPSA) is 38.8 Å². The number of thiocarbonyl (C=S) groups is 1. The molecule has 0 saturated carbocycles. The van der Waals surface area contributed by atoms with Gasteiger partial charge >= 0.3 is 0 Å². The second kappa shape index (κ2) is 8.38. The van der Waals surface area contributed by atoms with E-state index in [2.05, 4.69) is 12.1 Å². The number of methoxy groups -OCH3 is 2. The highest BCUT2D eigenvalue weighted by atomic mass is 32.2. The minimum atomic E-state index is -0.0687. The van der Waals surface area contributed by atoms with E-state index in [1.54, 1.807) is 19.1 Å². The molecule has 3 rings (SSSR count). The van der Waals surface area contributed by atoms with Crippen molar-refractivity contribution in [3.8, 4) is 11.5 Å². The van der Waals surface area contributed by atoms with E-state index >= 15 is 0 Å². The highest BCUT2D eigenvalue weighted by Gasteiger charge is 2.31. The summed E-state index contributed by atoms with van der Waals surface area (Å²) < 4.78 is 11.2. The van der Waals surface area contributed by atoms with E-state index < -0.39 is 0 Å². The van der Waals surface area contributed by atoms with Gasteiger partial charge in [-0.1, -0.05) is 54.3 Å². The Morgan fingerprint density at radius 2 is 1.88 bits per heavy atom. The number of amides is 1. The fourth-order valence-corrected chi connectivity index (χ4v) is 3.97. The summed E-state index contributed by atoms with van der Waals surface area (Å²) in [5, 5.41) is 0. The van der Waals surface area contributed by atoms with Crippen LogP contribution in [0, 0.1) is 0 Å². The number of benzene rings is 2. The molecule has 1 aliphatic heterocycles. The zero-order valence-corrected chi connectivity index (χ0v) is 16.2. The van der Waals surface area contributed by atoms with Gasteiger partial charge in [0.15, 0.2) is 0 Å². The van der Waals surface area contributed by atoms with Crippen LogP contribution in [0.1, 0.15) is 11.1 Å². The zero-order chi connectivity index (χ0) is 18.5. The maximum atomic E-state index is 12.8. The largest absolute Gasteiger partial charge is 0.497 e. The van der Waals surface area contributed by atoms with Gasteiger partial charge in [0.05, 0.1) is 19.1 Å². The molecule has 0 aromatic heterocycles.